The van der Waals surface area contributed by atoms with Crippen LogP contribution >= 0.6 is 11.8 Å². The molecule has 0 radical (unpaired) electrons. The van der Waals surface area contributed by atoms with Crippen molar-refractivity contribution in [1.29, 1.82) is 0 Å². The van der Waals surface area contributed by atoms with E-state index in [-0.39, 0.29) is 17.9 Å². The number of amides is 2. The van der Waals surface area contributed by atoms with Gasteiger partial charge in [-0.05, 0) is 32.4 Å². The Hall–Kier alpha value is -0.910. The molecule has 1 atom stereocenters. The van der Waals surface area contributed by atoms with Gasteiger partial charge in [-0.15, -0.1) is 0 Å². The average Bonchev–Trinajstić information content (AvgIpc) is 2.43. The Balaban J connectivity index is 2.23. The summed E-state index contributed by atoms with van der Waals surface area (Å²) in [5, 5.41) is 0. The molecule has 2 heterocycles. The Morgan fingerprint density at radius 3 is 2.67 bits per heavy atom. The molecule has 2 bridgehead atoms. The molecule has 0 saturated carbocycles. The van der Waals surface area contributed by atoms with Crippen LogP contribution in [0.2, 0.25) is 0 Å². The van der Waals surface area contributed by atoms with Gasteiger partial charge in [-0.3, -0.25) is 9.69 Å². The first-order valence-electron chi connectivity index (χ1n) is 7.46. The van der Waals surface area contributed by atoms with Crippen molar-refractivity contribution in [2.75, 3.05) is 31.3 Å². The molecule has 0 aromatic rings. The third-order valence-corrected chi connectivity index (χ3v) is 5.23. The highest BCUT2D eigenvalue weighted by Crippen LogP contribution is 2.37. The van der Waals surface area contributed by atoms with E-state index >= 15 is 0 Å². The Morgan fingerprint density at radius 2 is 2.05 bits per heavy atom. The van der Waals surface area contributed by atoms with Gasteiger partial charge in [-0.25, -0.2) is 4.79 Å². The summed E-state index contributed by atoms with van der Waals surface area (Å²) in [6.45, 7) is 11.2. The van der Waals surface area contributed by atoms with Crippen LogP contribution < -0.4 is 0 Å². The highest BCUT2D eigenvalue weighted by Gasteiger charge is 2.45. The van der Waals surface area contributed by atoms with Crippen LogP contribution in [0.15, 0.2) is 0 Å². The minimum absolute atomic E-state index is 0.152. The summed E-state index contributed by atoms with van der Waals surface area (Å²) in [5.41, 5.74) is -0.942. The molecule has 0 aliphatic carbocycles. The SMILES string of the molecule is CC(C)(C)OC(=O)N1CC2CSCCN(C1)C(=O)C2(C)C. The Bertz CT molecular complexity index is 431. The number of carbonyl (C=O) groups excluding carboxylic acids is 2. The van der Waals surface area contributed by atoms with Crippen LogP contribution in [0.5, 0.6) is 0 Å². The normalized spacial score (nSPS) is 26.1. The molecule has 1 unspecified atom stereocenters. The number of hydrogen-bond acceptors (Lipinski definition) is 4. The van der Waals surface area contributed by atoms with Crippen molar-refractivity contribution in [3.05, 3.63) is 0 Å². The topological polar surface area (TPSA) is 49.9 Å². The lowest BCUT2D eigenvalue weighted by Gasteiger charge is -2.35. The second-order valence-electron chi connectivity index (χ2n) is 7.41. The minimum Gasteiger partial charge on any atom is -0.444 e. The molecule has 5 nitrogen and oxygen atoms in total. The molecule has 2 fully saturated rings. The van der Waals surface area contributed by atoms with Gasteiger partial charge >= 0.3 is 6.09 Å². The van der Waals surface area contributed by atoms with E-state index in [1.54, 1.807) is 9.80 Å². The van der Waals surface area contributed by atoms with Crippen molar-refractivity contribution in [2.45, 2.75) is 40.2 Å². The molecule has 2 aliphatic rings. The molecule has 0 aromatic heterocycles. The number of carbonyl (C=O) groups is 2. The van der Waals surface area contributed by atoms with E-state index in [0.717, 1.165) is 11.5 Å². The summed E-state index contributed by atoms with van der Waals surface area (Å²) in [5.74, 6) is 2.15. The van der Waals surface area contributed by atoms with E-state index in [1.165, 1.54) is 0 Å². The molecule has 120 valence electrons. The Labute approximate surface area is 131 Å². The molecule has 0 spiro atoms. The maximum atomic E-state index is 12.7. The number of fused-ring (bicyclic) bond motifs is 3. The van der Waals surface area contributed by atoms with Crippen LogP contribution in [0.3, 0.4) is 0 Å². The highest BCUT2D eigenvalue weighted by molar-refractivity contribution is 7.99. The van der Waals surface area contributed by atoms with E-state index in [9.17, 15) is 9.59 Å². The molecule has 21 heavy (non-hydrogen) atoms. The molecule has 6 heteroatoms. The predicted octanol–water partition coefficient (Wildman–Crippen LogP) is 2.41. The lowest BCUT2D eigenvalue weighted by molar-refractivity contribution is -0.141. The van der Waals surface area contributed by atoms with Crippen molar-refractivity contribution in [3.63, 3.8) is 0 Å². The van der Waals surface area contributed by atoms with Crippen LogP contribution in [-0.4, -0.2) is 58.7 Å². The fourth-order valence-electron chi connectivity index (χ4n) is 2.70. The average molecular weight is 314 g/mol. The smallest absolute Gasteiger partial charge is 0.411 e. The minimum atomic E-state index is -0.516. The Kier molecular flexibility index (Phi) is 4.47. The van der Waals surface area contributed by atoms with E-state index in [2.05, 4.69) is 0 Å². The molecule has 2 rings (SSSR count). The van der Waals surface area contributed by atoms with Gasteiger partial charge < -0.3 is 9.64 Å². The van der Waals surface area contributed by atoms with Crippen LogP contribution in [0.1, 0.15) is 34.6 Å². The molecule has 2 saturated heterocycles. The molecule has 2 amide bonds. The zero-order valence-corrected chi connectivity index (χ0v) is 14.5. The second kappa shape index (κ2) is 5.71. The van der Waals surface area contributed by atoms with Crippen LogP contribution in [0.25, 0.3) is 0 Å². The lowest BCUT2D eigenvalue weighted by Crippen LogP contribution is -2.47. The fourth-order valence-corrected chi connectivity index (χ4v) is 4.02. The van der Waals surface area contributed by atoms with Gasteiger partial charge in [-0.1, -0.05) is 13.8 Å². The van der Waals surface area contributed by atoms with Crippen LogP contribution in [-0.2, 0) is 9.53 Å². The number of nitrogens with zero attached hydrogens (tertiary/aromatic N) is 2. The summed E-state index contributed by atoms with van der Waals surface area (Å²) in [4.78, 5) is 28.6. The summed E-state index contributed by atoms with van der Waals surface area (Å²) in [6, 6.07) is 0. The number of ether oxygens (including phenoxy) is 1. The first kappa shape index (κ1) is 16.5. The number of hydrogen-bond donors (Lipinski definition) is 0. The van der Waals surface area contributed by atoms with E-state index in [0.29, 0.717) is 19.8 Å². The third kappa shape index (κ3) is 3.65. The van der Waals surface area contributed by atoms with Gasteiger partial charge in [0.25, 0.3) is 0 Å². The highest BCUT2D eigenvalue weighted by atomic mass is 32.2. The molecular weight excluding hydrogens is 288 g/mol. The van der Waals surface area contributed by atoms with Crippen molar-refractivity contribution >= 4 is 23.8 Å². The van der Waals surface area contributed by atoms with Crippen LogP contribution in [0, 0.1) is 11.3 Å². The van der Waals surface area contributed by atoms with E-state index < -0.39 is 11.0 Å². The quantitative estimate of drug-likeness (QED) is 0.689. The van der Waals surface area contributed by atoms with Gasteiger partial charge in [0.15, 0.2) is 0 Å². The van der Waals surface area contributed by atoms with Crippen molar-refractivity contribution in [3.8, 4) is 0 Å². The maximum absolute atomic E-state index is 12.7. The van der Waals surface area contributed by atoms with E-state index in [1.807, 2.05) is 46.4 Å². The first-order chi connectivity index (χ1) is 9.61. The predicted molar refractivity (Wildman–Crippen MR) is 84.1 cm³/mol. The summed E-state index contributed by atoms with van der Waals surface area (Å²) >= 11 is 1.86. The monoisotopic (exact) mass is 314 g/mol. The number of thioether (sulfide) groups is 1. The van der Waals surface area contributed by atoms with Gasteiger partial charge in [0.1, 0.15) is 5.60 Å². The Morgan fingerprint density at radius 1 is 1.38 bits per heavy atom. The summed E-state index contributed by atoms with van der Waals surface area (Å²) in [7, 11) is 0. The standard InChI is InChI=1S/C15H26N2O3S/c1-14(2,3)20-13(19)17-8-11-9-21-7-6-16(10-17)12(18)15(11,4)5/h11H,6-10H2,1-5H3. The van der Waals surface area contributed by atoms with Gasteiger partial charge in [0.05, 0.1) is 6.67 Å². The van der Waals surface area contributed by atoms with Gasteiger partial charge in [0, 0.05) is 24.3 Å². The van der Waals surface area contributed by atoms with Crippen molar-refractivity contribution < 1.29 is 14.3 Å². The molecule has 0 aromatic carbocycles. The lowest BCUT2D eigenvalue weighted by atomic mass is 9.78. The van der Waals surface area contributed by atoms with Crippen LogP contribution in [0.4, 0.5) is 4.79 Å². The zero-order chi connectivity index (χ0) is 15.8. The van der Waals surface area contributed by atoms with E-state index in [4.69, 9.17) is 4.74 Å². The third-order valence-electron chi connectivity index (χ3n) is 4.12. The second-order valence-corrected chi connectivity index (χ2v) is 8.56. The fraction of sp³-hybridized carbons (Fsp3) is 0.867. The van der Waals surface area contributed by atoms with Crippen molar-refractivity contribution in [1.82, 2.24) is 9.80 Å². The summed E-state index contributed by atoms with van der Waals surface area (Å²) in [6.07, 6.45) is -0.324. The largest absolute Gasteiger partial charge is 0.444 e. The molecule has 0 N–H and O–H groups in total. The first-order valence-corrected chi connectivity index (χ1v) is 8.62. The van der Waals surface area contributed by atoms with Gasteiger partial charge in [0.2, 0.25) is 5.91 Å². The molecular formula is C15H26N2O3S. The summed E-state index contributed by atoms with van der Waals surface area (Å²) < 4.78 is 5.48. The van der Waals surface area contributed by atoms with Crippen molar-refractivity contribution in [2.24, 2.45) is 11.3 Å². The maximum Gasteiger partial charge on any atom is 0.411 e. The molecule has 2 aliphatic heterocycles. The zero-order valence-electron chi connectivity index (χ0n) is 13.6. The van der Waals surface area contributed by atoms with Gasteiger partial charge in [-0.2, -0.15) is 11.8 Å². The number of rotatable bonds is 0.